The lowest BCUT2D eigenvalue weighted by atomic mass is 9.96. The molecule has 0 spiro atoms. The fourth-order valence-corrected chi connectivity index (χ4v) is 2.55. The summed E-state index contributed by atoms with van der Waals surface area (Å²) in [6.07, 6.45) is 5.63. The fraction of sp³-hybridized carbons (Fsp3) is 0.0476. The van der Waals surface area contributed by atoms with E-state index in [0.717, 1.165) is 22.5 Å². The Morgan fingerprint density at radius 3 is 2.32 bits per heavy atom. The lowest BCUT2D eigenvalue weighted by molar-refractivity contribution is 0.214. The Kier molecular flexibility index (Phi) is 5.08. The van der Waals surface area contributed by atoms with Gasteiger partial charge in [0.15, 0.2) is 0 Å². The van der Waals surface area contributed by atoms with Gasteiger partial charge in [-0.3, -0.25) is 0 Å². The molecular formula is C21H17N3O. The molecule has 3 rings (SSSR count). The monoisotopic (exact) mass is 327 g/mol. The van der Waals surface area contributed by atoms with E-state index in [0.29, 0.717) is 11.3 Å². The molecule has 0 aromatic heterocycles. The van der Waals surface area contributed by atoms with E-state index in [-0.39, 0.29) is 0 Å². The van der Waals surface area contributed by atoms with Crippen LogP contribution >= 0.6 is 0 Å². The number of oxime groups is 1. The molecular weight excluding hydrogens is 310 g/mol. The van der Waals surface area contributed by atoms with Crippen molar-refractivity contribution in [1.82, 2.24) is 0 Å². The predicted octanol–water partition coefficient (Wildman–Crippen LogP) is 4.53. The first-order valence-electron chi connectivity index (χ1n) is 7.85. The van der Waals surface area contributed by atoms with Crippen LogP contribution in [-0.2, 0) is 4.84 Å². The van der Waals surface area contributed by atoms with Crippen molar-refractivity contribution in [3.8, 4) is 6.07 Å². The molecule has 122 valence electrons. The highest BCUT2D eigenvalue weighted by atomic mass is 16.6. The number of anilines is 1. The summed E-state index contributed by atoms with van der Waals surface area (Å²) >= 11 is 0. The van der Waals surface area contributed by atoms with Crippen LogP contribution in [0, 0.1) is 11.3 Å². The number of nitrogens with zero attached hydrogens (tertiary/aromatic N) is 2. The minimum atomic E-state index is 0.612. The summed E-state index contributed by atoms with van der Waals surface area (Å²) < 4.78 is 0. The molecule has 0 saturated carbocycles. The maximum atomic E-state index is 9.63. The minimum Gasteiger partial charge on any atom is -0.399 e. The number of benzene rings is 2. The van der Waals surface area contributed by atoms with Gasteiger partial charge in [-0.1, -0.05) is 59.8 Å². The van der Waals surface area contributed by atoms with Crippen LogP contribution in [0.4, 0.5) is 5.69 Å². The van der Waals surface area contributed by atoms with Crippen LogP contribution < -0.4 is 5.32 Å². The van der Waals surface area contributed by atoms with Crippen molar-refractivity contribution >= 4 is 17.0 Å². The summed E-state index contributed by atoms with van der Waals surface area (Å²) in [5.74, 6) is 0. The second-order valence-corrected chi connectivity index (χ2v) is 5.35. The number of nitrogens with one attached hydrogen (secondary N) is 1. The highest BCUT2D eigenvalue weighted by Gasteiger charge is 2.14. The largest absolute Gasteiger partial charge is 0.399 e. The van der Waals surface area contributed by atoms with Crippen LogP contribution in [0.1, 0.15) is 5.56 Å². The zero-order valence-electron chi connectivity index (χ0n) is 13.8. The zero-order chi connectivity index (χ0) is 17.5. The van der Waals surface area contributed by atoms with Crippen molar-refractivity contribution in [3.63, 3.8) is 0 Å². The topological polar surface area (TPSA) is 57.4 Å². The lowest BCUT2D eigenvalue weighted by Crippen LogP contribution is -2.13. The van der Waals surface area contributed by atoms with Gasteiger partial charge in [-0.2, -0.15) is 5.26 Å². The highest BCUT2D eigenvalue weighted by Crippen LogP contribution is 2.25. The first-order chi connectivity index (χ1) is 12.3. The fourth-order valence-electron chi connectivity index (χ4n) is 2.55. The van der Waals surface area contributed by atoms with Crippen molar-refractivity contribution < 1.29 is 4.84 Å². The van der Waals surface area contributed by atoms with E-state index < -0.39 is 0 Å². The Labute approximate surface area is 147 Å². The molecule has 2 aromatic carbocycles. The molecule has 1 N–H and O–H groups in total. The van der Waals surface area contributed by atoms with Crippen molar-refractivity contribution in [3.05, 3.63) is 95.7 Å². The van der Waals surface area contributed by atoms with Gasteiger partial charge < -0.3 is 10.2 Å². The number of hydrogen-bond donors (Lipinski definition) is 1. The molecule has 4 nitrogen and oxygen atoms in total. The molecule has 25 heavy (non-hydrogen) atoms. The maximum Gasteiger partial charge on any atom is 0.126 e. The lowest BCUT2D eigenvalue weighted by Gasteiger charge is -2.16. The Morgan fingerprint density at radius 1 is 1.00 bits per heavy atom. The summed E-state index contributed by atoms with van der Waals surface area (Å²) in [5.41, 5.74) is 4.69. The summed E-state index contributed by atoms with van der Waals surface area (Å²) in [6.45, 7) is 0. The third kappa shape index (κ3) is 3.85. The van der Waals surface area contributed by atoms with Gasteiger partial charge in [0, 0.05) is 5.69 Å². The van der Waals surface area contributed by atoms with Crippen LogP contribution in [0.15, 0.2) is 95.3 Å². The number of allylic oxidation sites excluding steroid dienone is 5. The van der Waals surface area contributed by atoms with Gasteiger partial charge in [0.25, 0.3) is 0 Å². The molecule has 1 aliphatic rings. The SMILES string of the molecule is CO/N=C1C=C/C(=C(/C#N)c2ccccc2)C=C/1Nc1ccccc1. The molecule has 0 fully saturated rings. The van der Waals surface area contributed by atoms with Gasteiger partial charge in [-0.05, 0) is 35.4 Å². The van der Waals surface area contributed by atoms with Gasteiger partial charge >= 0.3 is 0 Å². The third-order valence-corrected chi connectivity index (χ3v) is 3.70. The van der Waals surface area contributed by atoms with E-state index in [1.807, 2.05) is 78.9 Å². The van der Waals surface area contributed by atoms with Crippen molar-refractivity contribution in [2.45, 2.75) is 0 Å². The van der Waals surface area contributed by atoms with Crippen LogP contribution in [0.2, 0.25) is 0 Å². The van der Waals surface area contributed by atoms with Crippen molar-refractivity contribution in [2.75, 3.05) is 12.4 Å². The van der Waals surface area contributed by atoms with Gasteiger partial charge in [0.05, 0.1) is 11.3 Å². The average Bonchev–Trinajstić information content (AvgIpc) is 2.66. The van der Waals surface area contributed by atoms with E-state index >= 15 is 0 Å². The second kappa shape index (κ2) is 7.80. The third-order valence-electron chi connectivity index (χ3n) is 3.70. The predicted molar refractivity (Wildman–Crippen MR) is 101 cm³/mol. The summed E-state index contributed by atoms with van der Waals surface area (Å²) in [5, 5.41) is 17.0. The van der Waals surface area contributed by atoms with Gasteiger partial charge in [-0.25, -0.2) is 0 Å². The Morgan fingerprint density at radius 2 is 1.68 bits per heavy atom. The quantitative estimate of drug-likeness (QED) is 0.663. The van der Waals surface area contributed by atoms with E-state index in [9.17, 15) is 5.26 Å². The molecule has 4 heteroatoms. The van der Waals surface area contributed by atoms with Crippen molar-refractivity contribution in [1.29, 1.82) is 5.26 Å². The maximum absolute atomic E-state index is 9.63. The molecule has 0 saturated heterocycles. The Hall–Kier alpha value is -3.58. The molecule has 2 aromatic rings. The molecule has 0 heterocycles. The molecule has 0 aliphatic heterocycles. The molecule has 0 radical (unpaired) electrons. The number of para-hydroxylation sites is 1. The van der Waals surface area contributed by atoms with Crippen LogP contribution in [0.3, 0.4) is 0 Å². The van der Waals surface area contributed by atoms with Crippen molar-refractivity contribution in [2.24, 2.45) is 5.16 Å². The smallest absolute Gasteiger partial charge is 0.126 e. The second-order valence-electron chi connectivity index (χ2n) is 5.35. The summed E-state index contributed by atoms with van der Waals surface area (Å²) in [4.78, 5) is 4.93. The average molecular weight is 327 g/mol. The van der Waals surface area contributed by atoms with Gasteiger partial charge in [0.1, 0.15) is 18.9 Å². The van der Waals surface area contributed by atoms with Gasteiger partial charge in [0.2, 0.25) is 0 Å². The summed E-state index contributed by atoms with van der Waals surface area (Å²) in [6, 6.07) is 21.7. The number of nitriles is 1. The first-order valence-corrected chi connectivity index (χ1v) is 7.85. The van der Waals surface area contributed by atoms with Gasteiger partial charge in [-0.15, -0.1) is 0 Å². The first kappa shape index (κ1) is 16.3. The number of hydrogen-bond acceptors (Lipinski definition) is 4. The van der Waals surface area contributed by atoms with Crippen LogP contribution in [-0.4, -0.2) is 12.8 Å². The number of rotatable bonds is 4. The molecule has 0 amide bonds. The Balaban J connectivity index is 2.04. The molecule has 0 unspecified atom stereocenters. The van der Waals surface area contributed by atoms with Crippen LogP contribution in [0.25, 0.3) is 5.57 Å². The molecule has 1 aliphatic carbocycles. The Bertz CT molecular complexity index is 901. The van der Waals surface area contributed by atoms with E-state index in [1.54, 1.807) is 0 Å². The van der Waals surface area contributed by atoms with E-state index in [4.69, 9.17) is 4.84 Å². The van der Waals surface area contributed by atoms with E-state index in [2.05, 4.69) is 16.5 Å². The standard InChI is InChI=1S/C21H17N3O/c1-25-24-20-13-12-17(19(15-22)16-8-4-2-5-9-16)14-21(20)23-18-10-6-3-7-11-18/h2-14,23H,1H3/b19-17+,24-20-. The normalized spacial score (nSPS) is 16.8. The molecule has 0 bridgehead atoms. The molecule has 0 atom stereocenters. The highest BCUT2D eigenvalue weighted by molar-refractivity contribution is 6.12. The zero-order valence-corrected chi connectivity index (χ0v) is 13.8. The van der Waals surface area contributed by atoms with Crippen LogP contribution in [0.5, 0.6) is 0 Å². The minimum absolute atomic E-state index is 0.612. The summed E-state index contributed by atoms with van der Waals surface area (Å²) in [7, 11) is 1.51. The van der Waals surface area contributed by atoms with E-state index in [1.165, 1.54) is 7.11 Å².